The maximum absolute atomic E-state index is 11.8. The lowest BCUT2D eigenvalue weighted by Crippen LogP contribution is -2.18. The second-order valence-electron chi connectivity index (χ2n) is 5.45. The molecule has 0 saturated heterocycles. The molecule has 7 heteroatoms. The first-order valence-electron chi connectivity index (χ1n) is 6.93. The van der Waals surface area contributed by atoms with Crippen molar-refractivity contribution in [3.8, 4) is 0 Å². The van der Waals surface area contributed by atoms with Gasteiger partial charge in [0.05, 0.1) is 0 Å². The molecule has 0 spiro atoms. The summed E-state index contributed by atoms with van der Waals surface area (Å²) in [5.74, 6) is 0. The van der Waals surface area contributed by atoms with Crippen molar-refractivity contribution in [3.05, 3.63) is 38.7 Å². The third-order valence-electron chi connectivity index (χ3n) is 3.36. The van der Waals surface area contributed by atoms with E-state index in [0.717, 1.165) is 33.8 Å². The summed E-state index contributed by atoms with van der Waals surface area (Å²) in [4.78, 5) is 12.8. The SMILES string of the molecule is CC(N)Cc1ccc(Sc2n[nH]c(=O)n2C2CC2)cc1Br. The van der Waals surface area contributed by atoms with Crippen LogP contribution in [0.2, 0.25) is 0 Å². The molecule has 1 unspecified atom stereocenters. The molecule has 2 aromatic rings. The van der Waals surface area contributed by atoms with Gasteiger partial charge in [0.2, 0.25) is 0 Å². The number of H-pyrrole nitrogens is 1. The summed E-state index contributed by atoms with van der Waals surface area (Å²) < 4.78 is 2.80. The maximum Gasteiger partial charge on any atom is 0.344 e. The van der Waals surface area contributed by atoms with Crippen LogP contribution >= 0.6 is 27.7 Å². The minimum absolute atomic E-state index is 0.118. The smallest absolute Gasteiger partial charge is 0.328 e. The number of nitrogens with zero attached hydrogens (tertiary/aromatic N) is 2. The fourth-order valence-corrected chi connectivity index (χ4v) is 3.86. The molecule has 5 nitrogen and oxygen atoms in total. The van der Waals surface area contributed by atoms with Crippen molar-refractivity contribution in [1.29, 1.82) is 0 Å². The molecular formula is C14H17BrN4OS. The number of rotatable bonds is 5. The molecular weight excluding hydrogens is 352 g/mol. The second-order valence-corrected chi connectivity index (χ2v) is 7.34. The van der Waals surface area contributed by atoms with Gasteiger partial charge in [0.15, 0.2) is 5.16 Å². The number of hydrogen-bond donors (Lipinski definition) is 2. The van der Waals surface area contributed by atoms with E-state index in [1.807, 2.05) is 13.0 Å². The van der Waals surface area contributed by atoms with Gasteiger partial charge in [-0.15, -0.1) is 5.10 Å². The molecule has 1 fully saturated rings. The van der Waals surface area contributed by atoms with Crippen molar-refractivity contribution in [2.24, 2.45) is 5.73 Å². The molecule has 0 aliphatic heterocycles. The highest BCUT2D eigenvalue weighted by Gasteiger charge is 2.28. The van der Waals surface area contributed by atoms with Gasteiger partial charge in [-0.2, -0.15) is 0 Å². The van der Waals surface area contributed by atoms with Crippen molar-refractivity contribution in [1.82, 2.24) is 14.8 Å². The monoisotopic (exact) mass is 368 g/mol. The summed E-state index contributed by atoms with van der Waals surface area (Å²) in [5.41, 5.74) is 6.91. The van der Waals surface area contributed by atoms with Crippen LogP contribution in [-0.4, -0.2) is 20.8 Å². The van der Waals surface area contributed by atoms with Crippen molar-refractivity contribution in [2.75, 3.05) is 0 Å². The van der Waals surface area contributed by atoms with Crippen LogP contribution in [0.15, 0.2) is 37.5 Å². The fraction of sp³-hybridized carbons (Fsp3) is 0.429. The van der Waals surface area contributed by atoms with Crippen LogP contribution in [0.3, 0.4) is 0 Å². The molecule has 0 amide bonds. The number of nitrogens with two attached hydrogens (primary N) is 1. The van der Waals surface area contributed by atoms with Gasteiger partial charge in [-0.3, -0.25) is 4.57 Å². The molecule has 3 rings (SSSR count). The number of benzene rings is 1. The normalized spacial score (nSPS) is 16.1. The van der Waals surface area contributed by atoms with Gasteiger partial charge >= 0.3 is 5.69 Å². The van der Waals surface area contributed by atoms with E-state index in [-0.39, 0.29) is 11.7 Å². The minimum atomic E-state index is -0.118. The molecule has 112 valence electrons. The zero-order valence-electron chi connectivity index (χ0n) is 11.7. The zero-order valence-corrected chi connectivity index (χ0v) is 14.1. The molecule has 3 N–H and O–H groups in total. The molecule has 1 heterocycles. The molecule has 21 heavy (non-hydrogen) atoms. The van der Waals surface area contributed by atoms with Crippen LogP contribution in [0.4, 0.5) is 0 Å². The Labute approximate surface area is 135 Å². The summed E-state index contributed by atoms with van der Waals surface area (Å²) in [6, 6.07) is 6.62. The average Bonchev–Trinajstić information content (AvgIpc) is 3.18. The van der Waals surface area contributed by atoms with Crippen LogP contribution in [0.25, 0.3) is 0 Å². The molecule has 1 aromatic carbocycles. The van der Waals surface area contributed by atoms with Crippen molar-refractivity contribution in [3.63, 3.8) is 0 Å². The molecule has 1 aromatic heterocycles. The predicted octanol–water partition coefficient (Wildman–Crippen LogP) is 2.71. The number of hydrogen-bond acceptors (Lipinski definition) is 4. The van der Waals surface area contributed by atoms with Crippen LogP contribution in [-0.2, 0) is 6.42 Å². The lowest BCUT2D eigenvalue weighted by molar-refractivity contribution is 0.642. The number of aromatic nitrogens is 3. The van der Waals surface area contributed by atoms with Gasteiger partial charge in [-0.25, -0.2) is 9.89 Å². The summed E-state index contributed by atoms with van der Waals surface area (Å²) in [7, 11) is 0. The van der Waals surface area contributed by atoms with E-state index in [1.165, 1.54) is 17.3 Å². The summed E-state index contributed by atoms with van der Waals surface area (Å²) in [6.07, 6.45) is 2.95. The zero-order chi connectivity index (χ0) is 15.0. The lowest BCUT2D eigenvalue weighted by atomic mass is 10.1. The molecule has 1 aliphatic rings. The fourth-order valence-electron chi connectivity index (χ4n) is 2.23. The van der Waals surface area contributed by atoms with Crippen LogP contribution in [0.1, 0.15) is 31.4 Å². The Hall–Kier alpha value is -1.05. The quantitative estimate of drug-likeness (QED) is 0.850. The second kappa shape index (κ2) is 5.98. The number of nitrogens with one attached hydrogen (secondary N) is 1. The Balaban J connectivity index is 1.82. The highest BCUT2D eigenvalue weighted by molar-refractivity contribution is 9.10. The van der Waals surface area contributed by atoms with E-state index in [4.69, 9.17) is 5.73 Å². The van der Waals surface area contributed by atoms with Gasteiger partial charge < -0.3 is 5.73 Å². The molecule has 0 radical (unpaired) electrons. The van der Waals surface area contributed by atoms with Crippen molar-refractivity contribution >= 4 is 27.7 Å². The first kappa shape index (κ1) is 14.9. The standard InChI is InChI=1S/C14H17BrN4OS/c1-8(16)6-9-2-5-11(7-12(9)15)21-14-18-17-13(20)19(14)10-3-4-10/h2,5,7-8,10H,3-4,6,16H2,1H3,(H,17,20). The molecule has 1 aliphatic carbocycles. The minimum Gasteiger partial charge on any atom is -0.328 e. The molecule has 1 saturated carbocycles. The summed E-state index contributed by atoms with van der Waals surface area (Å²) in [6.45, 7) is 1.99. The highest BCUT2D eigenvalue weighted by atomic mass is 79.9. The van der Waals surface area contributed by atoms with E-state index in [1.54, 1.807) is 4.57 Å². The Morgan fingerprint density at radius 3 is 2.95 bits per heavy atom. The van der Waals surface area contributed by atoms with E-state index in [9.17, 15) is 4.79 Å². The van der Waals surface area contributed by atoms with E-state index in [0.29, 0.717) is 6.04 Å². The molecule has 0 bridgehead atoms. The van der Waals surface area contributed by atoms with E-state index >= 15 is 0 Å². The molecule has 1 atom stereocenters. The average molecular weight is 369 g/mol. The van der Waals surface area contributed by atoms with Gasteiger partial charge in [0.25, 0.3) is 0 Å². The lowest BCUT2D eigenvalue weighted by Gasteiger charge is -2.09. The Morgan fingerprint density at radius 2 is 2.33 bits per heavy atom. The van der Waals surface area contributed by atoms with E-state index < -0.39 is 0 Å². The third kappa shape index (κ3) is 3.41. The van der Waals surface area contributed by atoms with Crippen molar-refractivity contribution in [2.45, 2.75) is 48.3 Å². The number of aromatic amines is 1. The number of halogens is 1. The van der Waals surface area contributed by atoms with E-state index in [2.05, 4.69) is 38.3 Å². The summed E-state index contributed by atoms with van der Waals surface area (Å²) >= 11 is 5.09. The van der Waals surface area contributed by atoms with Gasteiger partial charge in [0, 0.05) is 21.5 Å². The van der Waals surface area contributed by atoms with Gasteiger partial charge in [0.1, 0.15) is 0 Å². The van der Waals surface area contributed by atoms with Gasteiger partial charge in [-0.1, -0.05) is 22.0 Å². The topological polar surface area (TPSA) is 76.7 Å². The Bertz CT molecular complexity index is 705. The maximum atomic E-state index is 11.8. The third-order valence-corrected chi connectivity index (χ3v) is 5.06. The largest absolute Gasteiger partial charge is 0.344 e. The van der Waals surface area contributed by atoms with Crippen LogP contribution in [0, 0.1) is 0 Å². The van der Waals surface area contributed by atoms with Crippen molar-refractivity contribution < 1.29 is 0 Å². The predicted molar refractivity (Wildman–Crippen MR) is 86.7 cm³/mol. The Kier molecular flexibility index (Phi) is 4.24. The first-order chi connectivity index (χ1) is 10.0. The summed E-state index contributed by atoms with van der Waals surface area (Å²) in [5, 5.41) is 7.40. The van der Waals surface area contributed by atoms with Crippen LogP contribution < -0.4 is 11.4 Å². The van der Waals surface area contributed by atoms with Gasteiger partial charge in [-0.05, 0) is 55.6 Å². The highest BCUT2D eigenvalue weighted by Crippen LogP contribution is 2.38. The van der Waals surface area contributed by atoms with Crippen LogP contribution in [0.5, 0.6) is 0 Å². The first-order valence-corrected chi connectivity index (χ1v) is 8.54. The Morgan fingerprint density at radius 1 is 1.57 bits per heavy atom.